The third-order valence-corrected chi connectivity index (χ3v) is 4.20. The van der Waals surface area contributed by atoms with Crippen molar-refractivity contribution in [1.82, 2.24) is 9.55 Å². The van der Waals surface area contributed by atoms with E-state index in [1.165, 1.54) is 5.56 Å². The number of carbonyl (C=O) groups excluding carboxylic acids is 1. The fourth-order valence-electron chi connectivity index (χ4n) is 2.08. The Morgan fingerprint density at radius 1 is 1.00 bits per heavy atom. The molecule has 0 aliphatic carbocycles. The van der Waals surface area contributed by atoms with E-state index in [4.69, 9.17) is 0 Å². The molecule has 1 aromatic heterocycles. The minimum absolute atomic E-state index is 0.599. The van der Waals surface area contributed by atoms with Crippen molar-refractivity contribution in [3.8, 4) is 5.69 Å². The third-order valence-electron chi connectivity index (χ3n) is 3.13. The smallest absolute Gasteiger partial charge is 0.169 e. The summed E-state index contributed by atoms with van der Waals surface area (Å²) in [7, 11) is 0. The Morgan fingerprint density at radius 2 is 1.67 bits per heavy atom. The highest BCUT2D eigenvalue weighted by Gasteiger charge is 2.12. The van der Waals surface area contributed by atoms with Crippen molar-refractivity contribution >= 4 is 18.0 Å². The molecule has 0 saturated heterocycles. The average Bonchev–Trinajstić information content (AvgIpc) is 2.97. The molecule has 21 heavy (non-hydrogen) atoms. The van der Waals surface area contributed by atoms with Gasteiger partial charge in [0.1, 0.15) is 17.0 Å². The lowest BCUT2D eigenvalue weighted by atomic mass is 10.2. The second-order valence-corrected chi connectivity index (χ2v) is 5.50. The number of benzene rings is 2. The van der Waals surface area contributed by atoms with Gasteiger partial charge in [-0.15, -0.1) is 0 Å². The Labute approximate surface area is 127 Å². The number of aldehydes is 1. The van der Waals surface area contributed by atoms with Crippen LogP contribution in [0.2, 0.25) is 0 Å². The number of carbonyl (C=O) groups is 1. The number of para-hydroxylation sites is 1. The number of imidazole rings is 1. The number of hydrogen-bond acceptors (Lipinski definition) is 3. The van der Waals surface area contributed by atoms with Gasteiger partial charge in [-0.2, -0.15) is 0 Å². The van der Waals surface area contributed by atoms with Crippen LogP contribution in [0, 0.1) is 0 Å². The number of aromatic nitrogens is 2. The molecule has 0 saturated carbocycles. The Morgan fingerprint density at radius 3 is 2.33 bits per heavy atom. The molecule has 0 bridgehead atoms. The Balaban J connectivity index is 1.84. The predicted molar refractivity (Wildman–Crippen MR) is 85.0 cm³/mol. The van der Waals surface area contributed by atoms with Crippen LogP contribution in [0.1, 0.15) is 16.1 Å². The number of thioether (sulfide) groups is 1. The summed E-state index contributed by atoms with van der Waals surface area (Å²) in [6, 6.07) is 19.9. The number of rotatable bonds is 5. The first-order valence-corrected chi connectivity index (χ1v) is 7.61. The molecule has 0 aliphatic heterocycles. The maximum atomic E-state index is 11.4. The zero-order valence-corrected chi connectivity index (χ0v) is 12.2. The molecule has 0 spiro atoms. The van der Waals surface area contributed by atoms with Gasteiger partial charge in [0.05, 0.1) is 0 Å². The van der Waals surface area contributed by atoms with Crippen LogP contribution in [0.15, 0.2) is 72.0 Å². The molecular weight excluding hydrogens is 280 g/mol. The highest BCUT2D eigenvalue weighted by molar-refractivity contribution is 7.98. The van der Waals surface area contributed by atoms with Crippen LogP contribution in [-0.2, 0) is 5.75 Å². The van der Waals surface area contributed by atoms with E-state index in [9.17, 15) is 4.79 Å². The fraction of sp³-hybridized carbons (Fsp3) is 0.0588. The quantitative estimate of drug-likeness (QED) is 0.527. The molecule has 1 heterocycles. The molecule has 3 aromatic rings. The van der Waals surface area contributed by atoms with Gasteiger partial charge in [0, 0.05) is 11.4 Å². The van der Waals surface area contributed by atoms with Crippen molar-refractivity contribution in [2.75, 3.05) is 0 Å². The second kappa shape index (κ2) is 6.41. The zero-order chi connectivity index (χ0) is 14.5. The molecule has 0 fully saturated rings. The lowest BCUT2D eigenvalue weighted by molar-refractivity contribution is 0.111. The van der Waals surface area contributed by atoms with Gasteiger partial charge in [0.15, 0.2) is 6.29 Å². The minimum atomic E-state index is 0.599. The molecule has 2 aromatic carbocycles. The molecule has 0 N–H and O–H groups in total. The van der Waals surface area contributed by atoms with E-state index >= 15 is 0 Å². The Kier molecular flexibility index (Phi) is 4.17. The van der Waals surface area contributed by atoms with Gasteiger partial charge in [0.2, 0.25) is 0 Å². The van der Waals surface area contributed by atoms with Gasteiger partial charge in [-0.05, 0) is 17.7 Å². The van der Waals surface area contributed by atoms with Crippen LogP contribution >= 0.6 is 11.8 Å². The van der Waals surface area contributed by atoms with Crippen LogP contribution in [0.4, 0.5) is 0 Å². The number of hydrogen-bond donors (Lipinski definition) is 0. The van der Waals surface area contributed by atoms with Crippen LogP contribution in [-0.4, -0.2) is 15.8 Å². The SMILES string of the molecule is O=Cc1c(SCc2ccccc2)ncn1-c1ccccc1. The van der Waals surface area contributed by atoms with Crippen molar-refractivity contribution < 1.29 is 4.79 Å². The van der Waals surface area contributed by atoms with Gasteiger partial charge in [-0.3, -0.25) is 9.36 Å². The Bertz CT molecular complexity index is 723. The Hall–Kier alpha value is -2.33. The standard InChI is InChI=1S/C17H14N2OS/c20-11-16-17(21-12-14-7-3-1-4-8-14)18-13-19(16)15-9-5-2-6-10-15/h1-11,13H,12H2. The molecule has 3 rings (SSSR count). The fourth-order valence-corrected chi connectivity index (χ4v) is 2.99. The van der Waals surface area contributed by atoms with Gasteiger partial charge in [-0.1, -0.05) is 60.3 Å². The molecule has 0 aliphatic rings. The topological polar surface area (TPSA) is 34.9 Å². The summed E-state index contributed by atoms with van der Waals surface area (Å²) in [6.07, 6.45) is 2.57. The highest BCUT2D eigenvalue weighted by Crippen LogP contribution is 2.25. The summed E-state index contributed by atoms with van der Waals surface area (Å²) in [5.41, 5.74) is 2.76. The van der Waals surface area contributed by atoms with Gasteiger partial charge in [-0.25, -0.2) is 4.98 Å². The molecular formula is C17H14N2OS. The highest BCUT2D eigenvalue weighted by atomic mass is 32.2. The van der Waals surface area contributed by atoms with E-state index in [0.717, 1.165) is 22.8 Å². The van der Waals surface area contributed by atoms with Crippen molar-refractivity contribution in [2.45, 2.75) is 10.8 Å². The summed E-state index contributed by atoms with van der Waals surface area (Å²) in [5.74, 6) is 0.799. The molecule has 0 radical (unpaired) electrons. The molecule has 104 valence electrons. The van der Waals surface area contributed by atoms with E-state index in [2.05, 4.69) is 17.1 Å². The summed E-state index contributed by atoms with van der Waals surface area (Å²) in [6.45, 7) is 0. The predicted octanol–water partition coefficient (Wildman–Crippen LogP) is 3.98. The first-order chi connectivity index (χ1) is 10.4. The average molecular weight is 294 g/mol. The zero-order valence-electron chi connectivity index (χ0n) is 11.3. The third kappa shape index (κ3) is 3.06. The van der Waals surface area contributed by atoms with E-state index in [1.807, 2.05) is 53.1 Å². The van der Waals surface area contributed by atoms with E-state index in [1.54, 1.807) is 18.1 Å². The summed E-state index contributed by atoms with van der Waals surface area (Å²) < 4.78 is 1.82. The molecule has 0 unspecified atom stereocenters. The van der Waals surface area contributed by atoms with Crippen LogP contribution in [0.5, 0.6) is 0 Å². The first-order valence-electron chi connectivity index (χ1n) is 6.63. The maximum Gasteiger partial charge on any atom is 0.169 e. The largest absolute Gasteiger partial charge is 0.296 e. The van der Waals surface area contributed by atoms with Gasteiger partial charge in [0.25, 0.3) is 0 Å². The number of nitrogens with zero attached hydrogens (tertiary/aromatic N) is 2. The molecule has 4 heteroatoms. The lowest BCUT2D eigenvalue weighted by Gasteiger charge is -2.04. The van der Waals surface area contributed by atoms with Crippen LogP contribution in [0.3, 0.4) is 0 Å². The lowest BCUT2D eigenvalue weighted by Crippen LogP contribution is -1.98. The van der Waals surface area contributed by atoms with Gasteiger partial charge >= 0.3 is 0 Å². The summed E-state index contributed by atoms with van der Waals surface area (Å²) in [4.78, 5) is 15.8. The monoisotopic (exact) mass is 294 g/mol. The van der Waals surface area contributed by atoms with Crippen molar-refractivity contribution in [3.63, 3.8) is 0 Å². The normalized spacial score (nSPS) is 10.5. The van der Waals surface area contributed by atoms with E-state index in [-0.39, 0.29) is 0 Å². The van der Waals surface area contributed by atoms with Crippen LogP contribution < -0.4 is 0 Å². The molecule has 0 atom stereocenters. The maximum absolute atomic E-state index is 11.4. The summed E-state index contributed by atoms with van der Waals surface area (Å²) >= 11 is 1.58. The molecule has 3 nitrogen and oxygen atoms in total. The van der Waals surface area contributed by atoms with E-state index in [0.29, 0.717) is 5.69 Å². The van der Waals surface area contributed by atoms with Crippen LogP contribution in [0.25, 0.3) is 5.69 Å². The second-order valence-electron chi connectivity index (χ2n) is 4.53. The van der Waals surface area contributed by atoms with Gasteiger partial charge < -0.3 is 0 Å². The summed E-state index contributed by atoms with van der Waals surface area (Å²) in [5, 5.41) is 0.762. The first kappa shape index (κ1) is 13.6. The van der Waals surface area contributed by atoms with Crippen molar-refractivity contribution in [3.05, 3.63) is 78.2 Å². The minimum Gasteiger partial charge on any atom is -0.296 e. The molecule has 0 amide bonds. The van der Waals surface area contributed by atoms with E-state index < -0.39 is 0 Å². The van der Waals surface area contributed by atoms with Crippen molar-refractivity contribution in [1.29, 1.82) is 0 Å². The van der Waals surface area contributed by atoms with Crippen molar-refractivity contribution in [2.24, 2.45) is 0 Å².